The van der Waals surface area contributed by atoms with Gasteiger partial charge in [0, 0.05) is 0 Å². The molecule has 0 rings (SSSR count). The highest BCUT2D eigenvalue weighted by atomic mass is 32.2. The molecule has 0 amide bonds. The Morgan fingerprint density at radius 3 is 2.64 bits per heavy atom. The predicted octanol–water partition coefficient (Wildman–Crippen LogP) is 2.52. The van der Waals surface area contributed by atoms with Crippen LogP contribution in [0.2, 0.25) is 0 Å². The third kappa shape index (κ3) is 5.87. The Morgan fingerprint density at radius 2 is 2.21 bits per heavy atom. The molecule has 0 aliphatic heterocycles. The fraction of sp³-hybridized carbons (Fsp3) is 0.800. The SMILES string of the molecule is CC(SCCCC(C)(C)C#N)C(=O)O. The van der Waals surface area contributed by atoms with E-state index in [1.165, 1.54) is 11.8 Å². The van der Waals surface area contributed by atoms with Gasteiger partial charge in [0.15, 0.2) is 0 Å². The zero-order valence-electron chi connectivity index (χ0n) is 8.91. The summed E-state index contributed by atoms with van der Waals surface area (Å²) in [6.07, 6.45) is 1.71. The Labute approximate surface area is 89.5 Å². The number of hydrogen-bond donors (Lipinski definition) is 1. The number of nitrogens with zero attached hydrogens (tertiary/aromatic N) is 1. The van der Waals surface area contributed by atoms with Gasteiger partial charge in [-0.3, -0.25) is 4.79 Å². The number of thioether (sulfide) groups is 1. The van der Waals surface area contributed by atoms with Crippen LogP contribution in [0.1, 0.15) is 33.6 Å². The number of carbonyl (C=O) groups is 1. The number of carboxylic acid groups (broad SMARTS) is 1. The van der Waals surface area contributed by atoms with Crippen LogP contribution in [0.25, 0.3) is 0 Å². The predicted molar refractivity (Wildman–Crippen MR) is 58.2 cm³/mol. The summed E-state index contributed by atoms with van der Waals surface area (Å²) in [5.74, 6) is 0.0352. The van der Waals surface area contributed by atoms with Gasteiger partial charge in [-0.2, -0.15) is 5.26 Å². The first-order valence-electron chi connectivity index (χ1n) is 4.65. The smallest absolute Gasteiger partial charge is 0.316 e. The molecule has 0 heterocycles. The quantitative estimate of drug-likeness (QED) is 0.692. The molecule has 0 saturated heterocycles. The summed E-state index contributed by atoms with van der Waals surface area (Å²) >= 11 is 1.43. The molecule has 80 valence electrons. The number of hydrogen-bond acceptors (Lipinski definition) is 3. The van der Waals surface area contributed by atoms with Crippen LogP contribution < -0.4 is 0 Å². The topological polar surface area (TPSA) is 61.1 Å². The second-order valence-electron chi connectivity index (χ2n) is 3.95. The molecule has 4 heteroatoms. The van der Waals surface area contributed by atoms with E-state index in [4.69, 9.17) is 10.4 Å². The molecule has 14 heavy (non-hydrogen) atoms. The highest BCUT2D eigenvalue weighted by Crippen LogP contribution is 2.23. The molecule has 0 aliphatic rings. The standard InChI is InChI=1S/C10H17NO2S/c1-8(9(12)13)14-6-4-5-10(2,3)7-11/h8H,4-6H2,1-3H3,(H,12,13). The first-order valence-corrected chi connectivity index (χ1v) is 5.69. The highest BCUT2D eigenvalue weighted by Gasteiger charge is 2.16. The Bertz CT molecular complexity index is 233. The van der Waals surface area contributed by atoms with E-state index in [2.05, 4.69) is 6.07 Å². The van der Waals surface area contributed by atoms with Crippen LogP contribution >= 0.6 is 11.8 Å². The lowest BCUT2D eigenvalue weighted by molar-refractivity contribution is -0.136. The lowest BCUT2D eigenvalue weighted by atomic mass is 9.90. The molecule has 0 saturated carbocycles. The van der Waals surface area contributed by atoms with Crippen molar-refractivity contribution in [3.05, 3.63) is 0 Å². The van der Waals surface area contributed by atoms with E-state index in [0.29, 0.717) is 0 Å². The molecule has 0 bridgehead atoms. The van der Waals surface area contributed by atoms with Crippen LogP contribution in [0.5, 0.6) is 0 Å². The van der Waals surface area contributed by atoms with Crippen molar-refractivity contribution in [1.82, 2.24) is 0 Å². The second-order valence-corrected chi connectivity index (χ2v) is 5.40. The van der Waals surface area contributed by atoms with E-state index < -0.39 is 5.97 Å². The Balaban J connectivity index is 3.58. The molecule has 0 aromatic heterocycles. The summed E-state index contributed by atoms with van der Waals surface area (Å²) in [6.45, 7) is 5.49. The number of rotatable bonds is 6. The molecule has 0 radical (unpaired) electrons. The Hall–Kier alpha value is -0.690. The van der Waals surface area contributed by atoms with Gasteiger partial charge in [0.05, 0.1) is 16.7 Å². The summed E-state index contributed by atoms with van der Waals surface area (Å²) in [7, 11) is 0. The molecule has 0 spiro atoms. The van der Waals surface area contributed by atoms with E-state index in [1.807, 2.05) is 13.8 Å². The average molecular weight is 215 g/mol. The van der Waals surface area contributed by atoms with Gasteiger partial charge in [-0.1, -0.05) is 0 Å². The zero-order chi connectivity index (χ0) is 11.2. The van der Waals surface area contributed by atoms with Gasteiger partial charge in [0.25, 0.3) is 0 Å². The van der Waals surface area contributed by atoms with Crippen molar-refractivity contribution in [1.29, 1.82) is 5.26 Å². The van der Waals surface area contributed by atoms with Crippen molar-refractivity contribution in [2.75, 3.05) is 5.75 Å². The minimum absolute atomic E-state index is 0.285. The fourth-order valence-electron chi connectivity index (χ4n) is 0.901. The van der Waals surface area contributed by atoms with E-state index in [1.54, 1.807) is 6.92 Å². The molecule has 1 atom stereocenters. The average Bonchev–Trinajstić information content (AvgIpc) is 2.12. The van der Waals surface area contributed by atoms with E-state index in [-0.39, 0.29) is 10.7 Å². The highest BCUT2D eigenvalue weighted by molar-refractivity contribution is 8.00. The zero-order valence-corrected chi connectivity index (χ0v) is 9.73. The van der Waals surface area contributed by atoms with Crippen LogP contribution in [-0.2, 0) is 4.79 Å². The van der Waals surface area contributed by atoms with Crippen LogP contribution in [0.3, 0.4) is 0 Å². The lowest BCUT2D eigenvalue weighted by Crippen LogP contribution is -2.13. The Kier molecular flexibility index (Phi) is 5.63. The van der Waals surface area contributed by atoms with E-state index in [0.717, 1.165) is 18.6 Å². The molecule has 1 N–H and O–H groups in total. The summed E-state index contributed by atoms with van der Waals surface area (Å²) in [5, 5.41) is 17.0. The first-order chi connectivity index (χ1) is 6.39. The molecular formula is C10H17NO2S. The maximum atomic E-state index is 10.5. The minimum atomic E-state index is -0.769. The number of nitriles is 1. The van der Waals surface area contributed by atoms with Crippen LogP contribution in [0.15, 0.2) is 0 Å². The number of carboxylic acids is 1. The maximum absolute atomic E-state index is 10.5. The van der Waals surface area contributed by atoms with Crippen LogP contribution in [-0.4, -0.2) is 22.1 Å². The molecule has 0 fully saturated rings. The monoisotopic (exact) mass is 215 g/mol. The van der Waals surface area contributed by atoms with Crippen molar-refractivity contribution in [3.8, 4) is 6.07 Å². The van der Waals surface area contributed by atoms with Crippen molar-refractivity contribution in [2.24, 2.45) is 5.41 Å². The van der Waals surface area contributed by atoms with Gasteiger partial charge in [0.1, 0.15) is 0 Å². The third-order valence-corrected chi connectivity index (χ3v) is 3.19. The van der Waals surface area contributed by atoms with Gasteiger partial charge >= 0.3 is 5.97 Å². The van der Waals surface area contributed by atoms with Crippen molar-refractivity contribution in [2.45, 2.75) is 38.9 Å². The van der Waals surface area contributed by atoms with Gasteiger partial charge in [0.2, 0.25) is 0 Å². The molecule has 0 aromatic rings. The first kappa shape index (κ1) is 13.3. The fourth-order valence-corrected chi connectivity index (χ4v) is 1.71. The van der Waals surface area contributed by atoms with Crippen molar-refractivity contribution < 1.29 is 9.90 Å². The number of aliphatic carboxylic acids is 1. The van der Waals surface area contributed by atoms with Gasteiger partial charge in [-0.15, -0.1) is 11.8 Å². The summed E-state index contributed by atoms with van der Waals surface area (Å²) in [6, 6.07) is 2.23. The molecule has 1 unspecified atom stereocenters. The largest absolute Gasteiger partial charge is 0.480 e. The minimum Gasteiger partial charge on any atom is -0.480 e. The van der Waals surface area contributed by atoms with E-state index in [9.17, 15) is 4.79 Å². The second kappa shape index (κ2) is 5.92. The molecular weight excluding hydrogens is 198 g/mol. The molecule has 0 aromatic carbocycles. The maximum Gasteiger partial charge on any atom is 0.316 e. The third-order valence-electron chi connectivity index (χ3n) is 1.96. The van der Waals surface area contributed by atoms with Crippen molar-refractivity contribution >= 4 is 17.7 Å². The summed E-state index contributed by atoms with van der Waals surface area (Å²) in [5.41, 5.74) is -0.285. The van der Waals surface area contributed by atoms with Gasteiger partial charge in [-0.25, -0.2) is 0 Å². The molecule has 0 aliphatic carbocycles. The Morgan fingerprint density at radius 1 is 1.64 bits per heavy atom. The van der Waals surface area contributed by atoms with Crippen molar-refractivity contribution in [3.63, 3.8) is 0 Å². The summed E-state index contributed by atoms with van der Waals surface area (Å²) < 4.78 is 0. The van der Waals surface area contributed by atoms with Crippen LogP contribution in [0.4, 0.5) is 0 Å². The lowest BCUT2D eigenvalue weighted by Gasteiger charge is -2.14. The van der Waals surface area contributed by atoms with Gasteiger partial charge in [-0.05, 0) is 39.4 Å². The normalized spacial score (nSPS) is 13.3. The summed E-state index contributed by atoms with van der Waals surface area (Å²) in [4.78, 5) is 10.5. The molecule has 3 nitrogen and oxygen atoms in total. The van der Waals surface area contributed by atoms with E-state index >= 15 is 0 Å². The van der Waals surface area contributed by atoms with Gasteiger partial charge < -0.3 is 5.11 Å². The van der Waals surface area contributed by atoms with Crippen LogP contribution in [0, 0.1) is 16.7 Å².